The van der Waals surface area contributed by atoms with E-state index in [-0.39, 0.29) is 47.5 Å². The van der Waals surface area contributed by atoms with Crippen molar-refractivity contribution in [2.24, 2.45) is 11.8 Å². The highest BCUT2D eigenvalue weighted by Gasteiger charge is 2.65. The van der Waals surface area contributed by atoms with Crippen LogP contribution < -0.4 is 5.32 Å². The number of likely N-dealkylation sites (tertiary alicyclic amines) is 1. The summed E-state index contributed by atoms with van der Waals surface area (Å²) in [6.45, 7) is 0.364. The van der Waals surface area contributed by atoms with Crippen LogP contribution in [0.1, 0.15) is 47.6 Å². The van der Waals surface area contributed by atoms with E-state index in [0.29, 0.717) is 37.8 Å². The maximum Gasteiger partial charge on any atom is 0.310 e. The number of sulfonamides is 1. The van der Waals surface area contributed by atoms with Gasteiger partial charge in [0.25, 0.3) is 5.91 Å². The van der Waals surface area contributed by atoms with E-state index < -0.39 is 49.0 Å². The van der Waals surface area contributed by atoms with Crippen molar-refractivity contribution >= 4 is 32.1 Å². The second-order valence-electron chi connectivity index (χ2n) is 10.7. The molecule has 5 rings (SSSR count). The van der Waals surface area contributed by atoms with Crippen molar-refractivity contribution in [3.8, 4) is 6.07 Å². The van der Waals surface area contributed by atoms with Gasteiger partial charge in [0, 0.05) is 25.2 Å². The first-order valence-electron chi connectivity index (χ1n) is 12.9. The number of carbonyl (C=O) groups is 2. The summed E-state index contributed by atoms with van der Waals surface area (Å²) in [7, 11) is -13.7. The lowest BCUT2D eigenvalue weighted by Gasteiger charge is -2.40. The van der Waals surface area contributed by atoms with Gasteiger partial charge in [-0.3, -0.25) is 9.59 Å². The molecule has 0 radical (unpaired) electrons. The van der Waals surface area contributed by atoms with E-state index in [1.165, 1.54) is 29.2 Å². The van der Waals surface area contributed by atoms with Gasteiger partial charge in [-0.2, -0.15) is 9.57 Å². The van der Waals surface area contributed by atoms with E-state index in [1.54, 1.807) is 0 Å². The second kappa shape index (κ2) is 9.40. The first-order chi connectivity index (χ1) is 19.0. The zero-order valence-electron chi connectivity index (χ0n) is 21.6. The molecule has 3 aliphatic rings. The maximum absolute atomic E-state index is 13.4. The van der Waals surface area contributed by atoms with E-state index in [4.69, 9.17) is 5.26 Å². The molecule has 222 valence electrons. The van der Waals surface area contributed by atoms with Gasteiger partial charge in [0.2, 0.25) is 15.9 Å². The van der Waals surface area contributed by atoms with Crippen molar-refractivity contribution in [1.29, 1.82) is 5.26 Å². The minimum absolute atomic E-state index is 0.0634. The first kappa shape index (κ1) is 29.3. The Kier molecular flexibility index (Phi) is 6.71. The van der Waals surface area contributed by atoms with Crippen molar-refractivity contribution in [1.82, 2.24) is 14.5 Å². The molecule has 2 aliphatic heterocycles. The van der Waals surface area contributed by atoms with Gasteiger partial charge in [-0.05, 0) is 67.5 Å². The summed E-state index contributed by atoms with van der Waals surface area (Å²) in [5.41, 5.74) is 0.318. The summed E-state index contributed by atoms with van der Waals surface area (Å²) in [5, 5.41) is 11.7. The largest absolute Gasteiger partial charge is 0.347 e. The van der Waals surface area contributed by atoms with Crippen LogP contribution in [0.4, 0.5) is 19.4 Å². The smallest absolute Gasteiger partial charge is 0.310 e. The summed E-state index contributed by atoms with van der Waals surface area (Å²) >= 11 is 0. The van der Waals surface area contributed by atoms with Crippen molar-refractivity contribution in [3.05, 3.63) is 59.7 Å². The van der Waals surface area contributed by atoms with Crippen molar-refractivity contribution < 1.29 is 37.4 Å². The predicted molar refractivity (Wildman–Crippen MR) is 140 cm³/mol. The molecule has 1 saturated carbocycles. The molecule has 2 aromatic carbocycles. The lowest BCUT2D eigenvalue weighted by Crippen LogP contribution is -2.49. The molecule has 0 bridgehead atoms. The molecule has 0 unspecified atom stereocenters. The van der Waals surface area contributed by atoms with Crippen LogP contribution in [0.2, 0.25) is 0 Å². The summed E-state index contributed by atoms with van der Waals surface area (Å²) in [6.07, 6.45) is 2.20. The fraction of sp³-hybridized carbons (Fsp3) is 0.423. The molecule has 0 aromatic heterocycles. The monoisotopic (exact) mass is 618 g/mol. The molecular weight excluding hydrogens is 591 g/mol. The van der Waals surface area contributed by atoms with Crippen LogP contribution in [-0.2, 0) is 14.8 Å². The van der Waals surface area contributed by atoms with Gasteiger partial charge in [-0.25, -0.2) is 8.42 Å². The van der Waals surface area contributed by atoms with E-state index in [0.717, 1.165) is 16.4 Å². The number of nitrogens with zero attached hydrogens (tertiary/aromatic N) is 3. The van der Waals surface area contributed by atoms with Gasteiger partial charge in [-0.15, -0.1) is 0 Å². The molecule has 15 heteroatoms. The highest BCUT2D eigenvalue weighted by Crippen LogP contribution is 3.02. The number of benzene rings is 2. The van der Waals surface area contributed by atoms with Crippen LogP contribution in [0.15, 0.2) is 58.3 Å². The van der Waals surface area contributed by atoms with Gasteiger partial charge in [-0.1, -0.05) is 37.6 Å². The Bertz CT molecular complexity index is 1540. The zero-order chi connectivity index (χ0) is 29.9. The van der Waals surface area contributed by atoms with E-state index in [2.05, 4.69) is 5.32 Å². The Morgan fingerprint density at radius 3 is 2.24 bits per heavy atom. The number of nitriles is 1. The van der Waals surface area contributed by atoms with Crippen molar-refractivity contribution in [3.63, 3.8) is 0 Å². The minimum Gasteiger partial charge on any atom is -0.347 e. The Labute approximate surface area is 233 Å². The Hall–Kier alpha value is -3.22. The molecule has 8 nitrogen and oxygen atoms in total. The number of hydrogen-bond donors (Lipinski definition) is 1. The fourth-order valence-corrected chi connectivity index (χ4v) is 7.41. The van der Waals surface area contributed by atoms with Crippen LogP contribution in [0, 0.1) is 23.2 Å². The molecule has 2 saturated heterocycles. The third-order valence-electron chi connectivity index (χ3n) is 7.64. The van der Waals surface area contributed by atoms with Crippen LogP contribution in [-0.4, -0.2) is 55.1 Å². The van der Waals surface area contributed by atoms with Crippen molar-refractivity contribution in [2.45, 2.75) is 47.6 Å². The molecule has 2 heterocycles. The number of nitrogens with one attached hydrogen (secondary N) is 1. The number of rotatable bonds is 8. The summed E-state index contributed by atoms with van der Waals surface area (Å²) in [5.74, 6) is -1.56. The first-order valence-corrected chi connectivity index (χ1v) is 16.3. The van der Waals surface area contributed by atoms with Gasteiger partial charge < -0.3 is 10.2 Å². The third-order valence-corrected chi connectivity index (χ3v) is 10.6. The Morgan fingerprint density at radius 2 is 1.66 bits per heavy atom. The normalized spacial score (nSPS) is 22.6. The maximum atomic E-state index is 13.4. The minimum atomic E-state index is -9.84. The molecule has 3 fully saturated rings. The van der Waals surface area contributed by atoms with Crippen LogP contribution in [0.25, 0.3) is 0 Å². The van der Waals surface area contributed by atoms with Gasteiger partial charge >= 0.3 is 10.2 Å². The summed E-state index contributed by atoms with van der Waals surface area (Å²) < 4.78 is 92.7. The molecular formula is C26H27F5N4O4S2. The highest BCUT2D eigenvalue weighted by atomic mass is 32.5. The predicted octanol–water partition coefficient (Wildman–Crippen LogP) is 5.36. The molecule has 1 N–H and O–H groups in total. The van der Waals surface area contributed by atoms with Gasteiger partial charge in [0.1, 0.15) is 10.9 Å². The van der Waals surface area contributed by atoms with Crippen LogP contribution in [0.3, 0.4) is 0 Å². The molecule has 1 aliphatic carbocycles. The van der Waals surface area contributed by atoms with Crippen LogP contribution >= 0.6 is 10.2 Å². The Balaban J connectivity index is 1.31. The number of amides is 2. The number of carbonyl (C=O) groups excluding carboxylic acids is 2. The molecule has 2 amide bonds. The lowest BCUT2D eigenvalue weighted by atomic mass is 10.0. The average molecular weight is 619 g/mol. The standard InChI is InChI=1S/C26H27F5N4O4S2/c27-41(28,29,30,31)22-10-8-19(9-11-22)24(18-6-7-18)33-25(36)23-5-2-12-35(23)26(37)20-3-1-4-21(13-20)40(38,39)34-15-17(14-32)16-34/h1,3-4,8-11,13,17-18,23-24H,2,5-7,12,15-16H2,(H,33,36)/t23-,24-/m1/s1. The fourth-order valence-electron chi connectivity index (χ4n) is 5.19. The molecule has 41 heavy (non-hydrogen) atoms. The van der Waals surface area contributed by atoms with Gasteiger partial charge in [0.15, 0.2) is 0 Å². The third kappa shape index (κ3) is 6.05. The van der Waals surface area contributed by atoms with Crippen LogP contribution in [0.5, 0.6) is 0 Å². The SMILES string of the molecule is N#CC1CN(S(=O)(=O)c2cccc(C(=O)N3CCC[C@@H]3C(=O)N[C@@H](c3ccc(S(F)(F)(F)(F)F)cc3)C3CC3)c2)C1. The lowest BCUT2D eigenvalue weighted by molar-refractivity contribution is -0.125. The molecule has 2 atom stereocenters. The highest BCUT2D eigenvalue weighted by molar-refractivity contribution is 8.45. The average Bonchev–Trinajstić information content (AvgIpc) is 3.59. The number of hydrogen-bond acceptors (Lipinski definition) is 5. The Morgan fingerprint density at radius 1 is 1.00 bits per heavy atom. The van der Waals surface area contributed by atoms with Crippen molar-refractivity contribution in [2.75, 3.05) is 19.6 Å². The van der Waals surface area contributed by atoms with E-state index in [1.807, 2.05) is 6.07 Å². The number of halogens is 5. The second-order valence-corrected chi connectivity index (χ2v) is 15.0. The van der Waals surface area contributed by atoms with E-state index in [9.17, 15) is 37.4 Å². The van der Waals surface area contributed by atoms with E-state index >= 15 is 0 Å². The molecule has 2 aromatic rings. The summed E-state index contributed by atoms with van der Waals surface area (Å²) in [4.78, 5) is 26.0. The topological polar surface area (TPSA) is 111 Å². The quantitative estimate of drug-likeness (QED) is 0.401. The zero-order valence-corrected chi connectivity index (χ0v) is 23.2. The van der Waals surface area contributed by atoms with Gasteiger partial charge in [0.05, 0.1) is 22.9 Å². The molecule has 0 spiro atoms. The summed E-state index contributed by atoms with van der Waals surface area (Å²) in [6, 6.07) is 8.37.